The predicted molar refractivity (Wildman–Crippen MR) is 63.9 cm³/mol. The monoisotopic (exact) mass is 219 g/mol. The van der Waals surface area contributed by atoms with Gasteiger partial charge < -0.3 is 10.2 Å². The molecule has 0 saturated carbocycles. The summed E-state index contributed by atoms with van der Waals surface area (Å²) in [5.74, 6) is 6.53. The van der Waals surface area contributed by atoms with Gasteiger partial charge in [-0.2, -0.15) is 5.26 Å². The average molecular weight is 219 g/mol. The smallest absolute Gasteiger partial charge is 0.123 e. The van der Waals surface area contributed by atoms with Crippen LogP contribution < -0.4 is 16.0 Å². The zero-order valence-electron chi connectivity index (χ0n) is 9.66. The number of nitrogen functional groups attached to an aromatic ring is 1. The lowest BCUT2D eigenvalue weighted by Gasteiger charge is -2.12. The molecular weight excluding hydrogens is 202 g/mol. The Bertz CT molecular complexity index is 382. The van der Waals surface area contributed by atoms with Crippen molar-refractivity contribution in [2.24, 2.45) is 11.8 Å². The fraction of sp³-hybridized carbons (Fsp3) is 0.417. The Kier molecular flexibility index (Phi) is 4.62. The van der Waals surface area contributed by atoms with Crippen LogP contribution in [0, 0.1) is 17.2 Å². The van der Waals surface area contributed by atoms with Gasteiger partial charge in [-0.3, -0.25) is 5.84 Å². The molecule has 4 nitrogen and oxygen atoms in total. The van der Waals surface area contributed by atoms with E-state index in [1.807, 2.05) is 18.2 Å². The van der Waals surface area contributed by atoms with Gasteiger partial charge in [0.2, 0.25) is 0 Å². The van der Waals surface area contributed by atoms with Crippen LogP contribution in [0.25, 0.3) is 0 Å². The summed E-state index contributed by atoms with van der Waals surface area (Å²) in [5.41, 5.74) is 4.19. The third-order valence-corrected chi connectivity index (χ3v) is 2.07. The molecule has 0 spiro atoms. The van der Waals surface area contributed by atoms with E-state index in [9.17, 15) is 0 Å². The fourth-order valence-corrected chi connectivity index (χ4v) is 1.29. The highest BCUT2D eigenvalue weighted by atomic mass is 16.5. The van der Waals surface area contributed by atoms with Gasteiger partial charge >= 0.3 is 0 Å². The van der Waals surface area contributed by atoms with Crippen LogP contribution >= 0.6 is 0 Å². The molecule has 0 aromatic heterocycles. The Morgan fingerprint density at radius 3 is 2.81 bits per heavy atom. The summed E-state index contributed by atoms with van der Waals surface area (Å²) in [4.78, 5) is 0. The maximum Gasteiger partial charge on any atom is 0.123 e. The Hall–Kier alpha value is -1.73. The lowest BCUT2D eigenvalue weighted by atomic mass is 10.1. The van der Waals surface area contributed by atoms with E-state index in [2.05, 4.69) is 25.3 Å². The molecule has 0 aliphatic heterocycles. The fourth-order valence-electron chi connectivity index (χ4n) is 1.29. The zero-order valence-corrected chi connectivity index (χ0v) is 9.66. The van der Waals surface area contributed by atoms with Crippen molar-refractivity contribution in [2.45, 2.75) is 20.3 Å². The second kappa shape index (κ2) is 5.99. The first-order valence-corrected chi connectivity index (χ1v) is 5.26. The highest BCUT2D eigenvalue weighted by Crippen LogP contribution is 2.23. The van der Waals surface area contributed by atoms with Crippen LogP contribution in [0.2, 0.25) is 0 Å². The number of nitriles is 1. The SMILES string of the molecule is CC(C)COc1ccc(NN)cc1CC#N. The van der Waals surface area contributed by atoms with Gasteiger partial charge in [0.25, 0.3) is 0 Å². The molecule has 0 bridgehead atoms. The van der Waals surface area contributed by atoms with E-state index in [0.29, 0.717) is 18.9 Å². The third-order valence-electron chi connectivity index (χ3n) is 2.07. The van der Waals surface area contributed by atoms with E-state index in [1.165, 1.54) is 0 Å². The van der Waals surface area contributed by atoms with Gasteiger partial charge in [0.1, 0.15) is 5.75 Å². The van der Waals surface area contributed by atoms with Gasteiger partial charge in [0, 0.05) is 11.3 Å². The van der Waals surface area contributed by atoms with E-state index in [4.69, 9.17) is 15.8 Å². The number of hydrogen-bond acceptors (Lipinski definition) is 4. The number of benzene rings is 1. The number of hydrazine groups is 1. The van der Waals surface area contributed by atoms with Crippen molar-refractivity contribution < 1.29 is 4.74 Å². The van der Waals surface area contributed by atoms with Crippen molar-refractivity contribution in [1.82, 2.24) is 0 Å². The summed E-state index contributed by atoms with van der Waals surface area (Å²) in [6.45, 7) is 4.81. The quantitative estimate of drug-likeness (QED) is 0.587. The van der Waals surface area contributed by atoms with Crippen molar-refractivity contribution in [1.29, 1.82) is 5.26 Å². The van der Waals surface area contributed by atoms with Crippen molar-refractivity contribution in [3.8, 4) is 11.8 Å². The molecule has 0 atom stereocenters. The molecule has 0 aliphatic rings. The first-order valence-electron chi connectivity index (χ1n) is 5.26. The Morgan fingerprint density at radius 2 is 2.25 bits per heavy atom. The Balaban J connectivity index is 2.85. The number of hydrogen-bond donors (Lipinski definition) is 2. The van der Waals surface area contributed by atoms with Crippen LogP contribution in [-0.4, -0.2) is 6.61 Å². The molecule has 0 saturated heterocycles. The molecule has 4 heteroatoms. The van der Waals surface area contributed by atoms with E-state index in [0.717, 1.165) is 17.0 Å². The number of ether oxygens (including phenoxy) is 1. The predicted octanol–water partition coefficient (Wildman–Crippen LogP) is 2.07. The molecule has 16 heavy (non-hydrogen) atoms. The lowest BCUT2D eigenvalue weighted by molar-refractivity contribution is 0.269. The van der Waals surface area contributed by atoms with E-state index in [-0.39, 0.29) is 0 Å². The van der Waals surface area contributed by atoms with Gasteiger partial charge in [-0.1, -0.05) is 13.8 Å². The maximum absolute atomic E-state index is 8.73. The van der Waals surface area contributed by atoms with Gasteiger partial charge in [0.15, 0.2) is 0 Å². The van der Waals surface area contributed by atoms with Crippen LogP contribution in [0.3, 0.4) is 0 Å². The van der Waals surface area contributed by atoms with Crippen LogP contribution in [0.1, 0.15) is 19.4 Å². The summed E-state index contributed by atoms with van der Waals surface area (Å²) in [6, 6.07) is 7.61. The van der Waals surface area contributed by atoms with Crippen molar-refractivity contribution >= 4 is 5.69 Å². The third kappa shape index (κ3) is 3.44. The Labute approximate surface area is 96.0 Å². The van der Waals surface area contributed by atoms with Gasteiger partial charge in [0.05, 0.1) is 19.1 Å². The largest absolute Gasteiger partial charge is 0.493 e. The van der Waals surface area contributed by atoms with E-state index < -0.39 is 0 Å². The maximum atomic E-state index is 8.73. The summed E-state index contributed by atoms with van der Waals surface area (Å²) >= 11 is 0. The second-order valence-electron chi connectivity index (χ2n) is 4.01. The molecule has 0 aliphatic carbocycles. The zero-order chi connectivity index (χ0) is 12.0. The highest BCUT2D eigenvalue weighted by Gasteiger charge is 2.05. The van der Waals surface area contributed by atoms with Crippen molar-refractivity contribution in [3.05, 3.63) is 23.8 Å². The standard InChI is InChI=1S/C12H17N3O/c1-9(2)8-16-12-4-3-11(15-14)7-10(12)5-6-13/h3-4,7,9,15H,5,8,14H2,1-2H3. The average Bonchev–Trinajstić information content (AvgIpc) is 2.27. The molecule has 0 unspecified atom stereocenters. The number of nitrogens with one attached hydrogen (secondary N) is 1. The van der Waals surface area contributed by atoms with Gasteiger partial charge in [-0.05, 0) is 24.1 Å². The topological polar surface area (TPSA) is 71.1 Å². The minimum Gasteiger partial charge on any atom is -0.493 e. The molecular formula is C12H17N3O. The Morgan fingerprint density at radius 1 is 1.50 bits per heavy atom. The minimum absolute atomic E-state index is 0.322. The summed E-state index contributed by atoms with van der Waals surface area (Å²) < 4.78 is 5.63. The molecule has 1 aromatic rings. The molecule has 3 N–H and O–H groups in total. The van der Waals surface area contributed by atoms with Crippen LogP contribution in [0.5, 0.6) is 5.75 Å². The number of rotatable bonds is 5. The molecule has 1 aromatic carbocycles. The molecule has 0 radical (unpaired) electrons. The first-order chi connectivity index (χ1) is 7.67. The summed E-state index contributed by atoms with van der Waals surface area (Å²) in [7, 11) is 0. The molecule has 86 valence electrons. The molecule has 0 amide bonds. The molecule has 0 heterocycles. The summed E-state index contributed by atoms with van der Waals surface area (Å²) in [6.07, 6.45) is 0.322. The first kappa shape index (κ1) is 12.3. The number of nitrogens with zero attached hydrogens (tertiary/aromatic N) is 1. The van der Waals surface area contributed by atoms with Gasteiger partial charge in [-0.25, -0.2) is 0 Å². The molecule has 0 fully saturated rings. The van der Waals surface area contributed by atoms with Crippen molar-refractivity contribution in [2.75, 3.05) is 12.0 Å². The van der Waals surface area contributed by atoms with Crippen LogP contribution in [-0.2, 0) is 6.42 Å². The minimum atomic E-state index is 0.322. The normalized spacial score (nSPS) is 9.94. The molecule has 1 rings (SSSR count). The van der Waals surface area contributed by atoms with Crippen LogP contribution in [0.15, 0.2) is 18.2 Å². The van der Waals surface area contributed by atoms with Gasteiger partial charge in [-0.15, -0.1) is 0 Å². The van der Waals surface area contributed by atoms with Crippen LogP contribution in [0.4, 0.5) is 5.69 Å². The second-order valence-corrected chi connectivity index (χ2v) is 4.01. The van der Waals surface area contributed by atoms with Crippen molar-refractivity contribution in [3.63, 3.8) is 0 Å². The highest BCUT2D eigenvalue weighted by molar-refractivity contribution is 5.51. The number of nitrogens with two attached hydrogens (primary N) is 1. The lowest BCUT2D eigenvalue weighted by Crippen LogP contribution is -2.09. The van der Waals surface area contributed by atoms with E-state index in [1.54, 1.807) is 0 Å². The number of anilines is 1. The summed E-state index contributed by atoms with van der Waals surface area (Å²) in [5, 5.41) is 8.73. The van der Waals surface area contributed by atoms with E-state index >= 15 is 0 Å².